The number of hydrogen-bond donors (Lipinski definition) is 1. The quantitative estimate of drug-likeness (QED) is 0.743. The van der Waals surface area contributed by atoms with Gasteiger partial charge in [-0.1, -0.05) is 36.5 Å². The molecular weight excluding hydrogens is 245 g/mol. The average Bonchev–Trinajstić information content (AvgIpc) is 2.28. The lowest BCUT2D eigenvalue weighted by atomic mass is 10.3. The van der Waals surface area contributed by atoms with Crippen LogP contribution < -0.4 is 5.32 Å². The molecule has 0 fully saturated rings. The average molecular weight is 262 g/mol. The number of halogens is 2. The molecule has 0 aromatic heterocycles. The Bertz CT molecular complexity index is 318. The van der Waals surface area contributed by atoms with Crippen LogP contribution in [0.4, 0.5) is 5.69 Å². The standard InChI is InChI=1S/C12H17Cl2NO/c1-2-3-7-16-8-6-15-10-4-5-11(13)12(14)9-10/h4-5,9,15H,2-3,6-8H2,1H3. The first-order valence-corrected chi connectivity index (χ1v) is 6.26. The first-order chi connectivity index (χ1) is 7.74. The van der Waals surface area contributed by atoms with Gasteiger partial charge in [0.1, 0.15) is 0 Å². The predicted octanol–water partition coefficient (Wildman–Crippen LogP) is 4.22. The summed E-state index contributed by atoms with van der Waals surface area (Å²) >= 11 is 11.7. The van der Waals surface area contributed by atoms with Gasteiger partial charge in [0.15, 0.2) is 0 Å². The zero-order chi connectivity index (χ0) is 11.8. The van der Waals surface area contributed by atoms with Gasteiger partial charge in [0.2, 0.25) is 0 Å². The fourth-order valence-corrected chi connectivity index (χ4v) is 1.52. The SMILES string of the molecule is CCCCOCCNc1ccc(Cl)c(Cl)c1. The molecule has 0 bridgehead atoms. The Labute approximate surface area is 107 Å². The smallest absolute Gasteiger partial charge is 0.0639 e. The monoisotopic (exact) mass is 261 g/mol. The number of hydrogen-bond acceptors (Lipinski definition) is 2. The van der Waals surface area contributed by atoms with Crippen molar-refractivity contribution in [2.24, 2.45) is 0 Å². The van der Waals surface area contributed by atoms with Crippen molar-refractivity contribution in [2.75, 3.05) is 25.1 Å². The van der Waals surface area contributed by atoms with Gasteiger partial charge in [-0.25, -0.2) is 0 Å². The molecular formula is C12H17Cl2NO. The molecule has 0 radical (unpaired) electrons. The lowest BCUT2D eigenvalue weighted by molar-refractivity contribution is 0.141. The highest BCUT2D eigenvalue weighted by molar-refractivity contribution is 6.42. The van der Waals surface area contributed by atoms with E-state index < -0.39 is 0 Å². The third-order valence-electron chi connectivity index (χ3n) is 2.14. The van der Waals surface area contributed by atoms with Crippen LogP contribution in [0.2, 0.25) is 10.0 Å². The number of rotatable bonds is 7. The Hall–Kier alpha value is -0.440. The summed E-state index contributed by atoms with van der Waals surface area (Å²) in [6.07, 6.45) is 2.28. The highest BCUT2D eigenvalue weighted by atomic mass is 35.5. The van der Waals surface area contributed by atoms with E-state index in [1.807, 2.05) is 12.1 Å². The molecule has 0 spiro atoms. The molecule has 0 atom stereocenters. The second kappa shape index (κ2) is 7.77. The van der Waals surface area contributed by atoms with E-state index in [1.165, 1.54) is 6.42 Å². The Morgan fingerprint density at radius 2 is 2.00 bits per heavy atom. The maximum absolute atomic E-state index is 5.89. The van der Waals surface area contributed by atoms with Crippen LogP contribution >= 0.6 is 23.2 Å². The van der Waals surface area contributed by atoms with Gasteiger partial charge in [0, 0.05) is 18.8 Å². The largest absolute Gasteiger partial charge is 0.383 e. The van der Waals surface area contributed by atoms with Crippen LogP contribution in [0, 0.1) is 0 Å². The first-order valence-electron chi connectivity index (χ1n) is 5.50. The maximum Gasteiger partial charge on any atom is 0.0639 e. The molecule has 0 saturated carbocycles. The summed E-state index contributed by atoms with van der Waals surface area (Å²) in [6.45, 7) is 4.47. The van der Waals surface area contributed by atoms with E-state index in [4.69, 9.17) is 27.9 Å². The Balaban J connectivity index is 2.19. The highest BCUT2D eigenvalue weighted by Crippen LogP contribution is 2.24. The summed E-state index contributed by atoms with van der Waals surface area (Å²) in [4.78, 5) is 0. The van der Waals surface area contributed by atoms with Gasteiger partial charge in [0.05, 0.1) is 16.7 Å². The van der Waals surface area contributed by atoms with Gasteiger partial charge < -0.3 is 10.1 Å². The van der Waals surface area contributed by atoms with Gasteiger partial charge in [0.25, 0.3) is 0 Å². The number of unbranched alkanes of at least 4 members (excludes halogenated alkanes) is 1. The molecule has 2 nitrogen and oxygen atoms in total. The highest BCUT2D eigenvalue weighted by Gasteiger charge is 1.98. The summed E-state index contributed by atoms with van der Waals surface area (Å²) < 4.78 is 5.43. The Morgan fingerprint density at radius 3 is 2.69 bits per heavy atom. The summed E-state index contributed by atoms with van der Waals surface area (Å²) in [5.41, 5.74) is 0.966. The van der Waals surface area contributed by atoms with Gasteiger partial charge in [-0.15, -0.1) is 0 Å². The number of ether oxygens (including phenoxy) is 1. The van der Waals surface area contributed by atoms with Crippen molar-refractivity contribution < 1.29 is 4.74 Å². The third kappa shape index (κ3) is 5.06. The third-order valence-corrected chi connectivity index (χ3v) is 2.88. The molecule has 0 aliphatic rings. The van der Waals surface area contributed by atoms with Crippen molar-refractivity contribution in [3.8, 4) is 0 Å². The minimum absolute atomic E-state index is 0.568. The summed E-state index contributed by atoms with van der Waals surface area (Å²) in [5, 5.41) is 4.37. The van der Waals surface area contributed by atoms with Gasteiger partial charge in [-0.3, -0.25) is 0 Å². The van der Waals surface area contributed by atoms with Crippen molar-refractivity contribution >= 4 is 28.9 Å². The minimum Gasteiger partial charge on any atom is -0.383 e. The molecule has 0 heterocycles. The zero-order valence-electron chi connectivity index (χ0n) is 9.43. The van der Waals surface area contributed by atoms with Crippen LogP contribution in [0.25, 0.3) is 0 Å². The molecule has 1 rings (SSSR count). The van der Waals surface area contributed by atoms with Crippen molar-refractivity contribution in [2.45, 2.75) is 19.8 Å². The molecule has 4 heteroatoms. The fraction of sp³-hybridized carbons (Fsp3) is 0.500. The molecule has 1 aromatic rings. The molecule has 0 aliphatic carbocycles. The van der Waals surface area contributed by atoms with Gasteiger partial charge >= 0.3 is 0 Å². The first kappa shape index (κ1) is 13.6. The second-order valence-corrected chi connectivity index (χ2v) is 4.34. The van der Waals surface area contributed by atoms with Gasteiger partial charge in [-0.2, -0.15) is 0 Å². The van der Waals surface area contributed by atoms with Gasteiger partial charge in [-0.05, 0) is 24.6 Å². The summed E-state index contributed by atoms with van der Waals surface area (Å²) in [7, 11) is 0. The van der Waals surface area contributed by atoms with Crippen LogP contribution in [0.15, 0.2) is 18.2 Å². The lowest BCUT2D eigenvalue weighted by Crippen LogP contribution is -2.09. The molecule has 1 aromatic carbocycles. The van der Waals surface area contributed by atoms with Crippen LogP contribution in [-0.2, 0) is 4.74 Å². The zero-order valence-corrected chi connectivity index (χ0v) is 10.9. The molecule has 1 N–H and O–H groups in total. The Kier molecular flexibility index (Phi) is 6.62. The van der Waals surface area contributed by atoms with E-state index in [1.54, 1.807) is 6.07 Å². The van der Waals surface area contributed by atoms with E-state index in [2.05, 4.69) is 12.2 Å². The van der Waals surface area contributed by atoms with Crippen LogP contribution in [-0.4, -0.2) is 19.8 Å². The molecule has 0 aliphatic heterocycles. The van der Waals surface area contributed by atoms with Crippen molar-refractivity contribution in [1.29, 1.82) is 0 Å². The fourth-order valence-electron chi connectivity index (χ4n) is 1.22. The minimum atomic E-state index is 0.568. The van der Waals surface area contributed by atoms with E-state index in [-0.39, 0.29) is 0 Å². The molecule has 0 unspecified atom stereocenters. The Morgan fingerprint density at radius 1 is 1.19 bits per heavy atom. The number of benzene rings is 1. The lowest BCUT2D eigenvalue weighted by Gasteiger charge is -2.07. The van der Waals surface area contributed by atoms with Crippen LogP contribution in [0.3, 0.4) is 0 Å². The van der Waals surface area contributed by atoms with E-state index in [0.717, 1.165) is 25.3 Å². The molecule has 90 valence electrons. The molecule has 0 amide bonds. The normalized spacial score (nSPS) is 10.4. The summed E-state index contributed by atoms with van der Waals surface area (Å²) in [6, 6.07) is 5.50. The van der Waals surface area contributed by atoms with Crippen LogP contribution in [0.5, 0.6) is 0 Å². The van der Waals surface area contributed by atoms with Crippen molar-refractivity contribution in [1.82, 2.24) is 0 Å². The number of anilines is 1. The molecule has 16 heavy (non-hydrogen) atoms. The van der Waals surface area contributed by atoms with Crippen molar-refractivity contribution in [3.05, 3.63) is 28.2 Å². The van der Waals surface area contributed by atoms with E-state index in [0.29, 0.717) is 16.7 Å². The van der Waals surface area contributed by atoms with E-state index in [9.17, 15) is 0 Å². The van der Waals surface area contributed by atoms with Crippen molar-refractivity contribution in [3.63, 3.8) is 0 Å². The summed E-state index contributed by atoms with van der Waals surface area (Å²) in [5.74, 6) is 0. The van der Waals surface area contributed by atoms with Crippen LogP contribution in [0.1, 0.15) is 19.8 Å². The maximum atomic E-state index is 5.89. The predicted molar refractivity (Wildman–Crippen MR) is 70.7 cm³/mol. The second-order valence-electron chi connectivity index (χ2n) is 3.52. The number of nitrogens with one attached hydrogen (secondary N) is 1. The van der Waals surface area contributed by atoms with E-state index >= 15 is 0 Å². The molecule has 0 saturated heterocycles. The topological polar surface area (TPSA) is 21.3 Å².